The molecule has 0 amide bonds. The van der Waals surface area contributed by atoms with Crippen LogP contribution in [0.5, 0.6) is 0 Å². The molecule has 0 aliphatic heterocycles. The molecule has 0 saturated carbocycles. The highest BCUT2D eigenvalue weighted by molar-refractivity contribution is 5.99. The van der Waals surface area contributed by atoms with Gasteiger partial charge in [-0.25, -0.2) is 4.98 Å². The van der Waals surface area contributed by atoms with E-state index in [1.165, 1.54) is 5.56 Å². The van der Waals surface area contributed by atoms with E-state index in [1.54, 1.807) is 0 Å². The van der Waals surface area contributed by atoms with E-state index in [0.29, 0.717) is 0 Å². The minimum absolute atomic E-state index is 0.871. The summed E-state index contributed by atoms with van der Waals surface area (Å²) in [6.45, 7) is 4.23. The number of aryl methyl sites for hydroxylation is 2. The smallest absolute Gasteiger partial charge is 0.149 e. The molecule has 3 nitrogen and oxygen atoms in total. The van der Waals surface area contributed by atoms with Gasteiger partial charge in [-0.2, -0.15) is 0 Å². The second-order valence-electron chi connectivity index (χ2n) is 9.80. The number of rotatable bonds is 4. The van der Waals surface area contributed by atoms with E-state index in [4.69, 9.17) is 9.40 Å². The Morgan fingerprint density at radius 1 is 0.632 bits per heavy atom. The molecule has 2 heterocycles. The first-order chi connectivity index (χ1) is 18.7. The standard InChI is InChI=1S/C35H26N2O/c1-23-20-24(2)34-29(21-23)30(22-38-34)35-36-31-18-9-10-19-32(31)37(35)33-27(25-12-5-3-6-13-25)16-11-17-28(33)26-14-7-4-8-15-26/h3-22H,1-2H3. The quantitative estimate of drug-likeness (QED) is 0.246. The SMILES string of the molecule is Cc1cc(C)c2occ(-c3nc4ccccc4n3-c3c(-c4ccccc4)cccc3-c3ccccc3)c2c1. The van der Waals surface area contributed by atoms with Crippen molar-refractivity contribution in [2.75, 3.05) is 0 Å². The summed E-state index contributed by atoms with van der Waals surface area (Å²) in [5.41, 5.74) is 12.0. The van der Waals surface area contributed by atoms with Crippen LogP contribution in [-0.2, 0) is 0 Å². The summed E-state index contributed by atoms with van der Waals surface area (Å²) in [5.74, 6) is 0.871. The molecule has 0 aliphatic carbocycles. The lowest BCUT2D eigenvalue weighted by molar-refractivity contribution is 0.614. The van der Waals surface area contributed by atoms with E-state index >= 15 is 0 Å². The monoisotopic (exact) mass is 490 g/mol. The summed E-state index contributed by atoms with van der Waals surface area (Å²) < 4.78 is 8.47. The van der Waals surface area contributed by atoms with E-state index in [-0.39, 0.29) is 0 Å². The van der Waals surface area contributed by atoms with Crippen molar-refractivity contribution in [3.05, 3.63) is 133 Å². The van der Waals surface area contributed by atoms with Gasteiger partial charge in [0.05, 0.1) is 22.3 Å². The van der Waals surface area contributed by atoms with Gasteiger partial charge in [-0.1, -0.05) is 97.1 Å². The van der Waals surface area contributed by atoms with Gasteiger partial charge < -0.3 is 4.42 Å². The zero-order chi connectivity index (χ0) is 25.6. The number of para-hydroxylation sites is 3. The third kappa shape index (κ3) is 3.55. The highest BCUT2D eigenvalue weighted by atomic mass is 16.3. The average molecular weight is 491 g/mol. The Kier molecular flexibility index (Phi) is 5.22. The maximum atomic E-state index is 6.15. The molecule has 0 aliphatic rings. The Morgan fingerprint density at radius 2 is 1.26 bits per heavy atom. The number of hydrogen-bond acceptors (Lipinski definition) is 2. The summed E-state index contributed by atoms with van der Waals surface area (Å²) in [7, 11) is 0. The van der Waals surface area contributed by atoms with Crippen LogP contribution in [0.1, 0.15) is 11.1 Å². The number of furan rings is 1. The summed E-state index contributed by atoms with van der Waals surface area (Å²) in [4.78, 5) is 5.21. The molecule has 0 saturated heterocycles. The zero-order valence-corrected chi connectivity index (χ0v) is 21.3. The van der Waals surface area contributed by atoms with Gasteiger partial charge in [0.2, 0.25) is 0 Å². The van der Waals surface area contributed by atoms with Crippen molar-refractivity contribution in [3.63, 3.8) is 0 Å². The maximum Gasteiger partial charge on any atom is 0.149 e. The van der Waals surface area contributed by atoms with Gasteiger partial charge in [-0.15, -0.1) is 0 Å². The van der Waals surface area contributed by atoms with Gasteiger partial charge in [0, 0.05) is 16.5 Å². The van der Waals surface area contributed by atoms with Gasteiger partial charge in [-0.05, 0) is 54.3 Å². The van der Waals surface area contributed by atoms with Gasteiger partial charge in [0.25, 0.3) is 0 Å². The average Bonchev–Trinajstić information content (AvgIpc) is 3.55. The zero-order valence-electron chi connectivity index (χ0n) is 21.3. The molecule has 0 bridgehead atoms. The first kappa shape index (κ1) is 22.3. The van der Waals surface area contributed by atoms with Gasteiger partial charge in [0.1, 0.15) is 17.7 Å². The first-order valence-corrected chi connectivity index (χ1v) is 12.9. The molecule has 7 rings (SSSR count). The van der Waals surface area contributed by atoms with E-state index in [9.17, 15) is 0 Å². The molecular formula is C35H26N2O. The van der Waals surface area contributed by atoms with Crippen molar-refractivity contribution in [1.29, 1.82) is 0 Å². The first-order valence-electron chi connectivity index (χ1n) is 12.9. The summed E-state index contributed by atoms with van der Waals surface area (Å²) in [6, 6.07) is 40.5. The molecule has 182 valence electrons. The molecule has 3 heteroatoms. The van der Waals surface area contributed by atoms with Crippen LogP contribution in [0, 0.1) is 13.8 Å². The molecule has 0 radical (unpaired) electrons. The Balaban J connectivity index is 1.63. The third-order valence-electron chi connectivity index (χ3n) is 7.23. The van der Waals surface area contributed by atoms with E-state index < -0.39 is 0 Å². The van der Waals surface area contributed by atoms with Crippen LogP contribution in [0.15, 0.2) is 126 Å². The fourth-order valence-electron chi connectivity index (χ4n) is 5.58. The molecule has 0 atom stereocenters. The Labute approximate surface area is 221 Å². The van der Waals surface area contributed by atoms with Crippen molar-refractivity contribution in [1.82, 2.24) is 9.55 Å². The fraction of sp³-hybridized carbons (Fsp3) is 0.0571. The normalized spacial score (nSPS) is 11.4. The Bertz CT molecular complexity index is 1870. The lowest BCUT2D eigenvalue weighted by atomic mass is 9.95. The minimum Gasteiger partial charge on any atom is -0.463 e. The van der Waals surface area contributed by atoms with E-state index in [2.05, 4.69) is 128 Å². The summed E-state index contributed by atoms with van der Waals surface area (Å²) in [5, 5.41) is 1.08. The number of aromatic nitrogens is 2. The van der Waals surface area contributed by atoms with Crippen LogP contribution in [0.4, 0.5) is 0 Å². The van der Waals surface area contributed by atoms with Crippen molar-refractivity contribution in [3.8, 4) is 39.3 Å². The van der Waals surface area contributed by atoms with Crippen molar-refractivity contribution in [2.45, 2.75) is 13.8 Å². The van der Waals surface area contributed by atoms with E-state index in [1.807, 2.05) is 12.3 Å². The second kappa shape index (κ2) is 8.89. The molecule has 0 unspecified atom stereocenters. The van der Waals surface area contributed by atoms with Crippen molar-refractivity contribution >= 4 is 22.0 Å². The van der Waals surface area contributed by atoms with Gasteiger partial charge in [0.15, 0.2) is 0 Å². The molecule has 7 aromatic rings. The second-order valence-corrected chi connectivity index (χ2v) is 9.80. The lowest BCUT2D eigenvalue weighted by Gasteiger charge is -2.19. The summed E-state index contributed by atoms with van der Waals surface area (Å²) in [6.07, 6.45) is 1.86. The fourth-order valence-corrected chi connectivity index (χ4v) is 5.58. The molecule has 2 aromatic heterocycles. The molecule has 0 fully saturated rings. The molecule has 5 aromatic carbocycles. The van der Waals surface area contributed by atoms with E-state index in [0.717, 1.165) is 66.9 Å². The summed E-state index contributed by atoms with van der Waals surface area (Å²) >= 11 is 0. The number of benzene rings is 5. The maximum absolute atomic E-state index is 6.15. The predicted molar refractivity (Wildman–Crippen MR) is 157 cm³/mol. The molecule has 0 spiro atoms. The third-order valence-corrected chi connectivity index (χ3v) is 7.23. The highest BCUT2D eigenvalue weighted by Crippen LogP contribution is 2.42. The largest absolute Gasteiger partial charge is 0.463 e. The molecule has 0 N–H and O–H groups in total. The van der Waals surface area contributed by atoms with Crippen LogP contribution in [0.2, 0.25) is 0 Å². The number of fused-ring (bicyclic) bond motifs is 2. The number of nitrogens with zero attached hydrogens (tertiary/aromatic N) is 2. The number of hydrogen-bond donors (Lipinski definition) is 0. The van der Waals surface area contributed by atoms with Crippen molar-refractivity contribution in [2.24, 2.45) is 0 Å². The predicted octanol–water partition coefficient (Wildman–Crippen LogP) is 9.39. The van der Waals surface area contributed by atoms with Crippen molar-refractivity contribution < 1.29 is 4.42 Å². The Morgan fingerprint density at radius 3 is 1.95 bits per heavy atom. The number of imidazole rings is 1. The molecular weight excluding hydrogens is 464 g/mol. The lowest BCUT2D eigenvalue weighted by Crippen LogP contribution is -2.03. The Hall–Kier alpha value is -4.89. The minimum atomic E-state index is 0.871. The van der Waals surface area contributed by atoms with Crippen LogP contribution in [-0.4, -0.2) is 9.55 Å². The van der Waals surface area contributed by atoms with Crippen LogP contribution >= 0.6 is 0 Å². The topological polar surface area (TPSA) is 31.0 Å². The van der Waals surface area contributed by atoms with Crippen LogP contribution in [0.25, 0.3) is 61.3 Å². The van der Waals surface area contributed by atoms with Crippen LogP contribution in [0.3, 0.4) is 0 Å². The highest BCUT2D eigenvalue weighted by Gasteiger charge is 2.23. The van der Waals surface area contributed by atoms with Crippen LogP contribution < -0.4 is 0 Å². The van der Waals surface area contributed by atoms with Gasteiger partial charge >= 0.3 is 0 Å². The molecule has 38 heavy (non-hydrogen) atoms. The van der Waals surface area contributed by atoms with Gasteiger partial charge in [-0.3, -0.25) is 4.57 Å².